The molecule has 1 aliphatic heterocycles. The number of ether oxygens (including phenoxy) is 2. The minimum absolute atomic E-state index is 0.171. The molecular weight excluding hydrogens is 378 g/mol. The summed E-state index contributed by atoms with van der Waals surface area (Å²) in [4.78, 5) is 18.8. The number of rotatable bonds is 3. The molecule has 146 valence electrons. The van der Waals surface area contributed by atoms with E-state index in [9.17, 15) is 9.90 Å². The Kier molecular flexibility index (Phi) is 4.82. The maximum Gasteiger partial charge on any atom is 0.322 e. The second-order valence-electron chi connectivity index (χ2n) is 6.60. The van der Waals surface area contributed by atoms with Crippen molar-refractivity contribution in [2.75, 3.05) is 26.1 Å². The van der Waals surface area contributed by atoms with Gasteiger partial charge in [0.1, 0.15) is 17.6 Å². The van der Waals surface area contributed by atoms with Crippen molar-refractivity contribution in [3.05, 3.63) is 46.5 Å². The highest BCUT2D eigenvalue weighted by Gasteiger charge is 2.32. The first-order valence-corrected chi connectivity index (χ1v) is 9.66. The highest BCUT2D eigenvalue weighted by atomic mass is 32.1. The van der Waals surface area contributed by atoms with Crippen LogP contribution in [0.15, 0.2) is 30.3 Å². The number of benzene rings is 2. The van der Waals surface area contributed by atoms with Gasteiger partial charge in [0.05, 0.1) is 42.5 Å². The largest absolute Gasteiger partial charge is 0.496 e. The van der Waals surface area contributed by atoms with Gasteiger partial charge in [-0.2, -0.15) is 0 Å². The molecule has 0 unspecified atom stereocenters. The molecule has 2 amide bonds. The lowest BCUT2D eigenvalue weighted by Crippen LogP contribution is -2.41. The molecule has 3 aromatic rings. The molecule has 8 heteroatoms. The molecule has 2 aromatic carbocycles. The number of urea groups is 1. The van der Waals surface area contributed by atoms with E-state index in [0.29, 0.717) is 29.3 Å². The molecule has 0 fully saturated rings. The third-order valence-corrected chi connectivity index (χ3v) is 5.76. The number of amides is 2. The van der Waals surface area contributed by atoms with Gasteiger partial charge in [-0.3, -0.25) is 0 Å². The molecular formula is C20H21N3O4S. The Morgan fingerprint density at radius 3 is 2.75 bits per heavy atom. The number of methoxy groups -OCH3 is 2. The van der Waals surface area contributed by atoms with Crippen molar-refractivity contribution >= 4 is 33.3 Å². The van der Waals surface area contributed by atoms with E-state index in [0.717, 1.165) is 20.8 Å². The maximum atomic E-state index is 12.8. The summed E-state index contributed by atoms with van der Waals surface area (Å²) < 4.78 is 11.8. The first kappa shape index (κ1) is 18.5. The molecule has 1 aliphatic rings. The SMILES string of the molecule is COc1ccc(OC)c2c1CN(C(=O)Nc1ccc3nc(C)sc3c1)C[C@@H]2O. The van der Waals surface area contributed by atoms with Crippen LogP contribution in [-0.2, 0) is 6.54 Å². The van der Waals surface area contributed by atoms with E-state index >= 15 is 0 Å². The van der Waals surface area contributed by atoms with Gasteiger partial charge in [0, 0.05) is 16.8 Å². The van der Waals surface area contributed by atoms with E-state index < -0.39 is 6.10 Å². The maximum absolute atomic E-state index is 12.8. The molecule has 7 nitrogen and oxygen atoms in total. The predicted molar refractivity (Wildman–Crippen MR) is 108 cm³/mol. The number of aryl methyl sites for hydroxylation is 1. The highest BCUT2D eigenvalue weighted by molar-refractivity contribution is 7.18. The topological polar surface area (TPSA) is 83.9 Å². The lowest BCUT2D eigenvalue weighted by atomic mass is 9.95. The number of thiazole rings is 1. The van der Waals surface area contributed by atoms with Crippen LogP contribution in [0.3, 0.4) is 0 Å². The van der Waals surface area contributed by atoms with Gasteiger partial charge in [-0.15, -0.1) is 11.3 Å². The Morgan fingerprint density at radius 2 is 2.00 bits per heavy atom. The normalized spacial score (nSPS) is 16.0. The molecule has 4 rings (SSSR count). The fraction of sp³-hybridized carbons (Fsp3) is 0.300. The number of fused-ring (bicyclic) bond motifs is 2. The van der Waals surface area contributed by atoms with Crippen molar-refractivity contribution < 1.29 is 19.4 Å². The van der Waals surface area contributed by atoms with Crippen molar-refractivity contribution in [1.29, 1.82) is 0 Å². The summed E-state index contributed by atoms with van der Waals surface area (Å²) in [6.45, 7) is 2.45. The van der Waals surface area contributed by atoms with Crippen molar-refractivity contribution in [3.63, 3.8) is 0 Å². The average Bonchev–Trinajstić information content (AvgIpc) is 3.06. The summed E-state index contributed by atoms with van der Waals surface area (Å²) in [5, 5.41) is 14.6. The zero-order chi connectivity index (χ0) is 19.8. The summed E-state index contributed by atoms with van der Waals surface area (Å²) in [5.74, 6) is 1.21. The number of anilines is 1. The summed E-state index contributed by atoms with van der Waals surface area (Å²) in [6, 6.07) is 8.90. The molecule has 0 spiro atoms. The molecule has 0 bridgehead atoms. The van der Waals surface area contributed by atoms with Crippen LogP contribution >= 0.6 is 11.3 Å². The Balaban J connectivity index is 1.59. The number of aliphatic hydroxyl groups is 1. The molecule has 1 aromatic heterocycles. The van der Waals surface area contributed by atoms with Gasteiger partial charge >= 0.3 is 6.03 Å². The fourth-order valence-corrected chi connectivity index (χ4v) is 4.42. The quantitative estimate of drug-likeness (QED) is 0.702. The van der Waals surface area contributed by atoms with Crippen LogP contribution in [0.25, 0.3) is 10.2 Å². The number of nitrogens with zero attached hydrogens (tertiary/aromatic N) is 2. The molecule has 0 saturated carbocycles. The second kappa shape index (κ2) is 7.29. The van der Waals surface area contributed by atoms with Crippen molar-refractivity contribution in [3.8, 4) is 11.5 Å². The van der Waals surface area contributed by atoms with Gasteiger partial charge in [0.2, 0.25) is 0 Å². The van der Waals surface area contributed by atoms with E-state index in [2.05, 4.69) is 10.3 Å². The fourth-order valence-electron chi connectivity index (χ4n) is 3.55. The Labute approximate surface area is 166 Å². The monoisotopic (exact) mass is 399 g/mol. The smallest absolute Gasteiger partial charge is 0.322 e. The summed E-state index contributed by atoms with van der Waals surface area (Å²) in [6.07, 6.45) is -0.855. The minimum atomic E-state index is -0.855. The molecule has 0 radical (unpaired) electrons. The van der Waals surface area contributed by atoms with Crippen molar-refractivity contribution in [2.45, 2.75) is 19.6 Å². The molecule has 2 heterocycles. The van der Waals surface area contributed by atoms with Crippen LogP contribution in [0, 0.1) is 6.92 Å². The molecule has 2 N–H and O–H groups in total. The van der Waals surface area contributed by atoms with Gasteiger partial charge < -0.3 is 24.8 Å². The Hall–Kier alpha value is -2.84. The van der Waals surface area contributed by atoms with Gasteiger partial charge in [-0.25, -0.2) is 9.78 Å². The zero-order valence-corrected chi connectivity index (χ0v) is 16.7. The summed E-state index contributed by atoms with van der Waals surface area (Å²) >= 11 is 1.58. The van der Waals surface area contributed by atoms with E-state index in [-0.39, 0.29) is 12.6 Å². The first-order valence-electron chi connectivity index (χ1n) is 8.85. The number of carbonyl (C=O) groups excluding carboxylic acids is 1. The number of carbonyl (C=O) groups is 1. The van der Waals surface area contributed by atoms with E-state index in [1.807, 2.05) is 25.1 Å². The first-order chi connectivity index (χ1) is 13.5. The molecule has 0 saturated heterocycles. The van der Waals surface area contributed by atoms with Gasteiger partial charge in [-0.05, 0) is 37.3 Å². The molecule has 1 atom stereocenters. The van der Waals surface area contributed by atoms with Crippen LogP contribution in [0.4, 0.5) is 10.5 Å². The number of nitrogens with one attached hydrogen (secondary N) is 1. The van der Waals surface area contributed by atoms with Gasteiger partial charge in [0.25, 0.3) is 0 Å². The van der Waals surface area contributed by atoms with Crippen molar-refractivity contribution in [2.24, 2.45) is 0 Å². The second-order valence-corrected chi connectivity index (χ2v) is 7.84. The minimum Gasteiger partial charge on any atom is -0.496 e. The zero-order valence-electron chi connectivity index (χ0n) is 15.9. The lowest BCUT2D eigenvalue weighted by Gasteiger charge is -2.34. The van der Waals surface area contributed by atoms with Crippen LogP contribution in [0.2, 0.25) is 0 Å². The van der Waals surface area contributed by atoms with Crippen LogP contribution in [-0.4, -0.2) is 41.8 Å². The Morgan fingerprint density at radius 1 is 1.25 bits per heavy atom. The predicted octanol–water partition coefficient (Wildman–Crippen LogP) is 3.70. The summed E-state index contributed by atoms with van der Waals surface area (Å²) in [7, 11) is 3.13. The number of aliphatic hydroxyl groups excluding tert-OH is 1. The average molecular weight is 399 g/mol. The highest BCUT2D eigenvalue weighted by Crippen LogP contribution is 2.39. The summed E-state index contributed by atoms with van der Waals surface area (Å²) in [5.41, 5.74) is 3.04. The van der Waals surface area contributed by atoms with E-state index in [1.165, 1.54) is 0 Å². The van der Waals surface area contributed by atoms with Crippen LogP contribution in [0.5, 0.6) is 11.5 Å². The number of aromatic nitrogens is 1. The third-order valence-electron chi connectivity index (χ3n) is 4.82. The van der Waals surface area contributed by atoms with Crippen LogP contribution in [0.1, 0.15) is 22.2 Å². The third kappa shape index (κ3) is 3.25. The van der Waals surface area contributed by atoms with E-state index in [1.54, 1.807) is 42.6 Å². The Bertz CT molecular complexity index is 1050. The molecule has 28 heavy (non-hydrogen) atoms. The van der Waals surface area contributed by atoms with Crippen molar-refractivity contribution in [1.82, 2.24) is 9.88 Å². The van der Waals surface area contributed by atoms with Gasteiger partial charge in [-0.1, -0.05) is 0 Å². The lowest BCUT2D eigenvalue weighted by molar-refractivity contribution is 0.105. The number of hydrogen-bond acceptors (Lipinski definition) is 6. The van der Waals surface area contributed by atoms with Gasteiger partial charge in [0.15, 0.2) is 0 Å². The number of β-amino-alcohol motifs (C(OH)–C–C–N with tert-alkyl or cyclic N) is 1. The molecule has 0 aliphatic carbocycles. The van der Waals surface area contributed by atoms with Crippen LogP contribution < -0.4 is 14.8 Å². The van der Waals surface area contributed by atoms with E-state index in [4.69, 9.17) is 9.47 Å². The standard InChI is InChI=1S/C20H21N3O4S/c1-11-21-14-5-4-12(8-18(14)28-11)22-20(25)23-9-13-16(26-2)6-7-17(27-3)19(13)15(24)10-23/h4-8,15,24H,9-10H2,1-3H3,(H,22,25)/t15-/m0/s1. The number of hydrogen-bond donors (Lipinski definition) is 2.